The maximum absolute atomic E-state index is 6.78. The van der Waals surface area contributed by atoms with Crippen molar-refractivity contribution in [1.29, 1.82) is 0 Å². The quantitative estimate of drug-likeness (QED) is 0.449. The fourth-order valence-corrected chi connectivity index (χ4v) is 8.20. The molecule has 0 spiro atoms. The summed E-state index contributed by atoms with van der Waals surface area (Å²) < 4.78 is 10.0. The van der Waals surface area contributed by atoms with E-state index in [1.807, 2.05) is 0 Å². The van der Waals surface area contributed by atoms with Crippen molar-refractivity contribution in [2.45, 2.75) is 66.6 Å². The van der Waals surface area contributed by atoms with Crippen molar-refractivity contribution >= 4 is 41.9 Å². The predicted molar refractivity (Wildman–Crippen MR) is 121 cm³/mol. The summed E-state index contributed by atoms with van der Waals surface area (Å²) >= 11 is -1.86. The van der Waals surface area contributed by atoms with Crippen molar-refractivity contribution < 1.29 is 21.1 Å². The summed E-state index contributed by atoms with van der Waals surface area (Å²) in [7, 11) is -1.33. The summed E-state index contributed by atoms with van der Waals surface area (Å²) in [4.78, 5) is 0. The first kappa shape index (κ1) is 25.9. The molecule has 0 saturated heterocycles. The van der Waals surface area contributed by atoms with E-state index in [0.717, 1.165) is 25.0 Å². The summed E-state index contributed by atoms with van der Waals surface area (Å²) in [6.45, 7) is 16.3. The maximum Gasteiger partial charge on any atom is -0.147 e. The molecule has 0 aromatic heterocycles. The molecule has 26 heavy (non-hydrogen) atoms. The van der Waals surface area contributed by atoms with Crippen molar-refractivity contribution in [3.8, 4) is 5.75 Å². The van der Waals surface area contributed by atoms with Gasteiger partial charge in [-0.15, -0.1) is 24.8 Å². The van der Waals surface area contributed by atoms with Crippen LogP contribution < -0.4 is 8.51 Å². The van der Waals surface area contributed by atoms with E-state index in [-0.39, 0.29) is 24.8 Å². The van der Waals surface area contributed by atoms with Gasteiger partial charge in [0.1, 0.15) is 0 Å². The molecule has 0 amide bonds. The molecule has 0 N–H and O–H groups in total. The molecule has 2 rings (SSSR count). The number of hydrogen-bond acceptors (Lipinski definition) is 1. The Hall–Kier alpha value is -0.119. The van der Waals surface area contributed by atoms with Gasteiger partial charge in [0.05, 0.1) is 0 Å². The fourth-order valence-electron chi connectivity index (χ4n) is 3.16. The molecule has 1 aromatic carbocycles. The minimum Gasteiger partial charge on any atom is -0.147 e. The monoisotopic (exact) mass is 448 g/mol. The molecule has 0 fully saturated rings. The maximum atomic E-state index is 6.78. The minimum absolute atomic E-state index is 0. The second-order valence-corrected chi connectivity index (χ2v) is 16.3. The first-order valence-electron chi connectivity index (χ1n) is 9.15. The van der Waals surface area contributed by atoms with Crippen LogP contribution in [0.5, 0.6) is 5.75 Å². The van der Waals surface area contributed by atoms with Gasteiger partial charge >= 0.3 is 156 Å². The first-order chi connectivity index (χ1) is 11.3. The van der Waals surface area contributed by atoms with Crippen molar-refractivity contribution in [3.05, 3.63) is 45.4 Å². The van der Waals surface area contributed by atoms with Gasteiger partial charge in [-0.05, 0) is 0 Å². The molecule has 1 aliphatic rings. The van der Waals surface area contributed by atoms with Gasteiger partial charge in [-0.1, -0.05) is 0 Å². The zero-order chi connectivity index (χ0) is 17.9. The van der Waals surface area contributed by atoms with Gasteiger partial charge in [0, 0.05) is 0 Å². The molecule has 0 heterocycles. The molecule has 0 bridgehead atoms. The first-order valence-corrected chi connectivity index (χ1v) is 14.8. The molecule has 0 radical (unpaired) electrons. The summed E-state index contributed by atoms with van der Waals surface area (Å²) in [5.74, 6) is 1.11. The van der Waals surface area contributed by atoms with E-state index in [2.05, 4.69) is 77.7 Å². The van der Waals surface area contributed by atoms with E-state index in [4.69, 9.17) is 3.32 Å². The molecule has 0 atom stereocenters. The molecule has 0 unspecified atom stereocenters. The number of rotatable bonds is 6. The molecule has 146 valence electrons. The number of hydrogen-bond donors (Lipinski definition) is 0. The molecule has 5 heteroatoms. The summed E-state index contributed by atoms with van der Waals surface area (Å²) in [5, 5.41) is 1.50. The van der Waals surface area contributed by atoms with Gasteiger partial charge in [-0.3, -0.25) is 0 Å². The SMILES string of the molecule is CC[C](CC)=[Ti]([O]c1cc(C)cc([Si](C)(C)C)c1)[C]1=C(C)C=CC1.Cl.Cl. The summed E-state index contributed by atoms with van der Waals surface area (Å²) in [6, 6.07) is 6.91. The Bertz CT molecular complexity index is 709. The smallest absolute Gasteiger partial charge is 0.147 e. The molecule has 1 aliphatic carbocycles. The van der Waals surface area contributed by atoms with Gasteiger partial charge in [-0.2, -0.15) is 0 Å². The Morgan fingerprint density at radius 3 is 2.12 bits per heavy atom. The van der Waals surface area contributed by atoms with E-state index in [0.29, 0.717) is 0 Å². The van der Waals surface area contributed by atoms with E-state index in [9.17, 15) is 0 Å². The molecule has 0 aliphatic heterocycles. The van der Waals surface area contributed by atoms with Gasteiger partial charge in [-0.25, -0.2) is 0 Å². The van der Waals surface area contributed by atoms with E-state index < -0.39 is 25.9 Å². The molecule has 1 aromatic rings. The second-order valence-electron chi connectivity index (χ2n) is 7.79. The standard InChI is InChI=1S/C10H16OSi.C6H7.C5H10.2ClH.Ti/c1-8-5-9(11)7-10(6-8)12(2,3)4;1-6-4-2-3-5-6;1-3-5-4-2;;;/h5-7,11H,1-4H3;2,4H,3H2,1H3;3-4H2,1-2H3;2*1H;/q;;;;;+1/p-1. The molecule has 0 saturated carbocycles. The Morgan fingerprint density at radius 1 is 1.04 bits per heavy atom. The Kier molecular flexibility index (Phi) is 11.0. The summed E-state index contributed by atoms with van der Waals surface area (Å²) in [5.41, 5.74) is 2.77. The van der Waals surface area contributed by atoms with Crippen molar-refractivity contribution in [3.63, 3.8) is 0 Å². The van der Waals surface area contributed by atoms with Crippen LogP contribution >= 0.6 is 24.8 Å². The van der Waals surface area contributed by atoms with Gasteiger partial charge < -0.3 is 0 Å². The Labute approximate surface area is 180 Å². The van der Waals surface area contributed by atoms with Crippen LogP contribution in [0.1, 0.15) is 45.6 Å². The van der Waals surface area contributed by atoms with E-state index >= 15 is 0 Å². The number of benzene rings is 1. The predicted octanol–water partition coefficient (Wildman–Crippen LogP) is 6.52. The van der Waals surface area contributed by atoms with Crippen LogP contribution in [-0.4, -0.2) is 11.9 Å². The zero-order valence-corrected chi connectivity index (χ0v) is 21.4. The van der Waals surface area contributed by atoms with Gasteiger partial charge in [0.2, 0.25) is 0 Å². The van der Waals surface area contributed by atoms with E-state index in [1.54, 1.807) is 7.69 Å². The van der Waals surface area contributed by atoms with Crippen molar-refractivity contribution in [1.82, 2.24) is 0 Å². The normalized spacial score (nSPS) is 13.2. The van der Waals surface area contributed by atoms with Crippen molar-refractivity contribution in [2.75, 3.05) is 0 Å². The molecule has 1 nitrogen and oxygen atoms in total. The third-order valence-electron chi connectivity index (χ3n) is 4.75. The van der Waals surface area contributed by atoms with Crippen LogP contribution in [0.2, 0.25) is 19.6 Å². The average Bonchev–Trinajstić information content (AvgIpc) is 2.92. The third-order valence-corrected chi connectivity index (χ3v) is 11.4. The molecular formula is C21H34Cl2OSiTi. The van der Waals surface area contributed by atoms with Crippen LogP contribution in [0.4, 0.5) is 0 Å². The van der Waals surface area contributed by atoms with Crippen LogP contribution in [0.3, 0.4) is 0 Å². The zero-order valence-electron chi connectivity index (χ0n) is 17.2. The second kappa shape index (κ2) is 11.0. The number of aryl methyl sites for hydroxylation is 1. The molecular weight excluding hydrogens is 415 g/mol. The topological polar surface area (TPSA) is 9.23 Å². The fraction of sp³-hybridized carbons (Fsp3) is 0.476. The Morgan fingerprint density at radius 2 is 1.65 bits per heavy atom. The largest absolute Gasteiger partial charge is 0.147 e. The number of halogens is 2. The van der Waals surface area contributed by atoms with Crippen LogP contribution in [0.15, 0.2) is 39.8 Å². The average molecular weight is 449 g/mol. The third kappa shape index (κ3) is 6.49. The minimum atomic E-state index is -1.86. The summed E-state index contributed by atoms with van der Waals surface area (Å²) in [6.07, 6.45) is 7.97. The van der Waals surface area contributed by atoms with E-state index in [1.165, 1.54) is 16.3 Å². The van der Waals surface area contributed by atoms with Gasteiger partial charge in [0.25, 0.3) is 0 Å². The van der Waals surface area contributed by atoms with Crippen LogP contribution in [0, 0.1) is 6.92 Å². The van der Waals surface area contributed by atoms with Gasteiger partial charge in [0.15, 0.2) is 0 Å². The van der Waals surface area contributed by atoms with Crippen LogP contribution in [-0.2, 0) is 17.8 Å². The number of allylic oxidation sites excluding steroid dienone is 4. The van der Waals surface area contributed by atoms with Crippen LogP contribution in [0.25, 0.3) is 0 Å². The van der Waals surface area contributed by atoms with Crippen molar-refractivity contribution in [2.24, 2.45) is 0 Å². The Balaban J connectivity index is 0.00000312.